The van der Waals surface area contributed by atoms with Gasteiger partial charge in [0.25, 0.3) is 0 Å². The fourth-order valence-electron chi connectivity index (χ4n) is 1.93. The quantitative estimate of drug-likeness (QED) is 0.820. The van der Waals surface area contributed by atoms with Crippen LogP contribution in [0.2, 0.25) is 10.0 Å². The molecule has 1 N–H and O–H groups in total. The average Bonchev–Trinajstić information content (AvgIpc) is 2.37. The van der Waals surface area contributed by atoms with Crippen LogP contribution in [0.3, 0.4) is 0 Å². The molecule has 18 heavy (non-hydrogen) atoms. The molecule has 2 rings (SSSR count). The van der Waals surface area contributed by atoms with E-state index in [9.17, 15) is 0 Å². The number of rotatable bonds is 3. The summed E-state index contributed by atoms with van der Waals surface area (Å²) in [5, 5.41) is 4.69. The summed E-state index contributed by atoms with van der Waals surface area (Å²) in [6.45, 7) is 0. The summed E-state index contributed by atoms with van der Waals surface area (Å²) in [6, 6.07) is 13.6. The van der Waals surface area contributed by atoms with Crippen molar-refractivity contribution in [2.75, 3.05) is 7.05 Å². The first-order chi connectivity index (χ1) is 8.65. The summed E-state index contributed by atoms with van der Waals surface area (Å²) in [5.74, 6) is 0. The smallest absolute Gasteiger partial charge is 0.0604 e. The van der Waals surface area contributed by atoms with Crippen molar-refractivity contribution in [1.82, 2.24) is 5.32 Å². The lowest BCUT2D eigenvalue weighted by molar-refractivity contribution is 0.692. The predicted molar refractivity (Wildman–Crippen MR) is 81.5 cm³/mol. The monoisotopic (exact) mass is 343 g/mol. The molecule has 0 heterocycles. The van der Waals surface area contributed by atoms with Crippen LogP contribution >= 0.6 is 39.1 Å². The van der Waals surface area contributed by atoms with Crippen LogP contribution in [-0.4, -0.2) is 7.05 Å². The molecule has 0 aliphatic heterocycles. The van der Waals surface area contributed by atoms with Gasteiger partial charge in [0, 0.05) is 9.50 Å². The van der Waals surface area contributed by atoms with Crippen LogP contribution in [0.25, 0.3) is 0 Å². The molecule has 94 valence electrons. The molecule has 0 saturated heterocycles. The molecule has 0 amide bonds. The Bertz CT molecular complexity index is 557. The minimum atomic E-state index is -0.0244. The Morgan fingerprint density at radius 1 is 1.00 bits per heavy atom. The largest absolute Gasteiger partial charge is 0.309 e. The molecule has 0 radical (unpaired) electrons. The Balaban J connectivity index is 2.53. The minimum Gasteiger partial charge on any atom is -0.309 e. The van der Waals surface area contributed by atoms with Crippen molar-refractivity contribution in [1.29, 1.82) is 0 Å². The van der Waals surface area contributed by atoms with E-state index in [0.717, 1.165) is 20.6 Å². The van der Waals surface area contributed by atoms with Crippen LogP contribution in [0.15, 0.2) is 46.9 Å². The topological polar surface area (TPSA) is 12.0 Å². The number of hydrogen-bond donors (Lipinski definition) is 1. The van der Waals surface area contributed by atoms with Gasteiger partial charge >= 0.3 is 0 Å². The molecule has 1 atom stereocenters. The highest BCUT2D eigenvalue weighted by Gasteiger charge is 2.18. The predicted octanol–water partition coefficient (Wildman–Crippen LogP) is 5.06. The second-order valence-corrected chi connectivity index (χ2v) is 5.53. The fraction of sp³-hybridized carbons (Fsp3) is 0.143. The molecule has 4 heteroatoms. The number of nitrogens with one attached hydrogen (secondary N) is 1. The first-order valence-corrected chi connectivity index (χ1v) is 7.05. The maximum absolute atomic E-state index is 6.34. The molecular weight excluding hydrogens is 333 g/mol. The highest BCUT2D eigenvalue weighted by molar-refractivity contribution is 9.10. The van der Waals surface area contributed by atoms with Gasteiger partial charge in [0.1, 0.15) is 0 Å². The second-order valence-electron chi connectivity index (χ2n) is 3.89. The average molecular weight is 345 g/mol. The van der Waals surface area contributed by atoms with Crippen molar-refractivity contribution >= 4 is 39.1 Å². The van der Waals surface area contributed by atoms with Gasteiger partial charge in [0.05, 0.1) is 11.1 Å². The van der Waals surface area contributed by atoms with Crippen LogP contribution in [-0.2, 0) is 0 Å². The van der Waals surface area contributed by atoms with Crippen molar-refractivity contribution < 1.29 is 0 Å². The lowest BCUT2D eigenvalue weighted by Gasteiger charge is -2.20. The summed E-state index contributed by atoms with van der Waals surface area (Å²) < 4.78 is 0.883. The SMILES string of the molecule is CNC(c1ccccc1Cl)c1cccc(Br)c1Cl. The molecule has 1 unspecified atom stereocenters. The normalized spacial score (nSPS) is 12.4. The fourth-order valence-corrected chi connectivity index (χ4v) is 2.79. The van der Waals surface area contributed by atoms with Gasteiger partial charge in [-0.15, -0.1) is 0 Å². The van der Waals surface area contributed by atoms with E-state index < -0.39 is 0 Å². The van der Waals surface area contributed by atoms with E-state index in [1.54, 1.807) is 0 Å². The molecule has 1 nitrogen and oxygen atoms in total. The zero-order valence-electron chi connectivity index (χ0n) is 9.75. The van der Waals surface area contributed by atoms with Crippen LogP contribution in [0.5, 0.6) is 0 Å². The van der Waals surface area contributed by atoms with Crippen LogP contribution in [0.1, 0.15) is 17.2 Å². The lowest BCUT2D eigenvalue weighted by Crippen LogP contribution is -2.18. The van der Waals surface area contributed by atoms with Crippen molar-refractivity contribution in [2.45, 2.75) is 6.04 Å². The highest BCUT2D eigenvalue weighted by atomic mass is 79.9. The van der Waals surface area contributed by atoms with Gasteiger partial charge in [0.15, 0.2) is 0 Å². The van der Waals surface area contributed by atoms with Crippen molar-refractivity contribution in [3.05, 3.63) is 68.1 Å². The molecule has 0 aliphatic rings. The van der Waals surface area contributed by atoms with E-state index in [2.05, 4.69) is 21.2 Å². The first kappa shape index (κ1) is 13.9. The molecule has 0 bridgehead atoms. The second kappa shape index (κ2) is 6.07. The van der Waals surface area contributed by atoms with Gasteiger partial charge in [0.2, 0.25) is 0 Å². The molecule has 2 aromatic carbocycles. The van der Waals surface area contributed by atoms with E-state index in [-0.39, 0.29) is 6.04 Å². The van der Waals surface area contributed by atoms with E-state index in [4.69, 9.17) is 23.2 Å². The van der Waals surface area contributed by atoms with Gasteiger partial charge in [-0.05, 0) is 46.2 Å². The minimum absolute atomic E-state index is 0.0244. The molecule has 0 saturated carbocycles. The van der Waals surface area contributed by atoms with Crippen LogP contribution in [0, 0.1) is 0 Å². The Labute approximate surface area is 125 Å². The maximum Gasteiger partial charge on any atom is 0.0604 e. The number of halogens is 3. The molecule has 2 aromatic rings. The molecule has 0 aromatic heterocycles. The van der Waals surface area contributed by atoms with Crippen LogP contribution in [0.4, 0.5) is 0 Å². The molecule has 0 spiro atoms. The number of hydrogen-bond acceptors (Lipinski definition) is 1. The summed E-state index contributed by atoms with van der Waals surface area (Å²) in [6.07, 6.45) is 0. The lowest BCUT2D eigenvalue weighted by atomic mass is 9.99. The zero-order chi connectivity index (χ0) is 13.1. The number of benzene rings is 2. The van der Waals surface area contributed by atoms with Gasteiger partial charge < -0.3 is 5.32 Å². The van der Waals surface area contributed by atoms with Crippen molar-refractivity contribution in [2.24, 2.45) is 0 Å². The maximum atomic E-state index is 6.34. The Morgan fingerprint density at radius 2 is 1.67 bits per heavy atom. The zero-order valence-corrected chi connectivity index (χ0v) is 12.9. The van der Waals surface area contributed by atoms with Crippen molar-refractivity contribution in [3.8, 4) is 0 Å². The third-order valence-corrected chi connectivity index (χ3v) is 4.45. The van der Waals surface area contributed by atoms with Gasteiger partial charge in [-0.2, -0.15) is 0 Å². The highest BCUT2D eigenvalue weighted by Crippen LogP contribution is 2.35. The third kappa shape index (κ3) is 2.72. The Kier molecular flexibility index (Phi) is 4.68. The summed E-state index contributed by atoms with van der Waals surface area (Å²) in [5.41, 5.74) is 2.02. The molecule has 0 aliphatic carbocycles. The molecular formula is C14H12BrCl2N. The summed E-state index contributed by atoms with van der Waals surface area (Å²) in [4.78, 5) is 0. The first-order valence-electron chi connectivity index (χ1n) is 5.50. The van der Waals surface area contributed by atoms with Crippen LogP contribution < -0.4 is 5.32 Å². The summed E-state index contributed by atoms with van der Waals surface area (Å²) in [7, 11) is 1.89. The van der Waals surface area contributed by atoms with E-state index >= 15 is 0 Å². The Hall–Kier alpha value is -0.540. The van der Waals surface area contributed by atoms with E-state index in [0.29, 0.717) is 5.02 Å². The van der Waals surface area contributed by atoms with Gasteiger partial charge in [-0.25, -0.2) is 0 Å². The van der Waals surface area contributed by atoms with Gasteiger partial charge in [-0.1, -0.05) is 53.5 Å². The van der Waals surface area contributed by atoms with Gasteiger partial charge in [-0.3, -0.25) is 0 Å². The third-order valence-electron chi connectivity index (χ3n) is 2.80. The standard InChI is InChI=1S/C14H12BrCl2N/c1-18-14(9-5-2-3-8-12(9)16)10-6-4-7-11(15)13(10)17/h2-8,14,18H,1H3. The van der Waals surface area contributed by atoms with E-state index in [1.807, 2.05) is 49.5 Å². The van der Waals surface area contributed by atoms with E-state index in [1.165, 1.54) is 0 Å². The summed E-state index contributed by atoms with van der Waals surface area (Å²) >= 11 is 16.0. The Morgan fingerprint density at radius 3 is 2.33 bits per heavy atom. The molecule has 0 fully saturated rings. The van der Waals surface area contributed by atoms with Crippen molar-refractivity contribution in [3.63, 3.8) is 0 Å².